The molecule has 0 radical (unpaired) electrons. The van der Waals surface area contributed by atoms with Gasteiger partial charge in [0, 0.05) is 32.5 Å². The topological polar surface area (TPSA) is 110 Å². The second-order valence-electron chi connectivity index (χ2n) is 6.48. The molecule has 0 saturated carbocycles. The van der Waals surface area contributed by atoms with Crippen molar-refractivity contribution in [3.8, 4) is 29.0 Å². The Morgan fingerprint density at radius 3 is 2.78 bits per heavy atom. The monoisotopic (exact) mass is 358 g/mol. The molecule has 1 saturated heterocycles. The van der Waals surface area contributed by atoms with Crippen LogP contribution in [-0.4, -0.2) is 37.6 Å². The van der Waals surface area contributed by atoms with Crippen LogP contribution < -0.4 is 10.6 Å². The van der Waals surface area contributed by atoms with Gasteiger partial charge < -0.3 is 15.2 Å². The smallest absolute Gasteiger partial charge is 0.158 e. The number of hydrogen-bond acceptors (Lipinski definition) is 7. The minimum absolute atomic E-state index is 0.283. The highest BCUT2D eigenvalue weighted by Gasteiger charge is 2.20. The number of imidazole rings is 1. The molecule has 1 aliphatic rings. The van der Waals surface area contributed by atoms with Crippen molar-refractivity contribution in [3.05, 3.63) is 48.6 Å². The van der Waals surface area contributed by atoms with Gasteiger partial charge in [0.05, 0.1) is 18.1 Å². The van der Waals surface area contributed by atoms with Gasteiger partial charge in [0.25, 0.3) is 0 Å². The summed E-state index contributed by atoms with van der Waals surface area (Å²) in [5.41, 5.74) is 9.41. The lowest BCUT2D eigenvalue weighted by molar-refractivity contribution is 0.916. The Hall–Kier alpha value is -3.73. The Morgan fingerprint density at radius 2 is 2.11 bits per heavy atom. The largest absolute Gasteiger partial charge is 0.398 e. The average molecular weight is 358 g/mol. The number of aromatic nitrogens is 5. The van der Waals surface area contributed by atoms with Gasteiger partial charge in [-0.3, -0.25) is 4.98 Å². The normalized spacial score (nSPS) is 13.8. The number of pyridine rings is 1. The minimum atomic E-state index is 0.283. The maximum atomic E-state index is 9.59. The second-order valence-corrected chi connectivity index (χ2v) is 6.48. The van der Waals surface area contributed by atoms with Crippen molar-refractivity contribution < 1.29 is 0 Å². The molecule has 8 heteroatoms. The van der Waals surface area contributed by atoms with E-state index < -0.39 is 0 Å². The standard InChI is InChI=1S/C19H18N8/c1-12-3-5-27(11-12)17-10-22-9-16(24-17)18-13(8-20)14(21)7-15(25-18)19-23-4-6-26(19)2/h4,6-7,9-10H,1,3,5,11H2,2H3,(H2,21,25). The van der Waals surface area contributed by atoms with Crippen molar-refractivity contribution in [1.82, 2.24) is 24.5 Å². The maximum absolute atomic E-state index is 9.59. The van der Waals surface area contributed by atoms with E-state index in [9.17, 15) is 5.26 Å². The molecule has 2 N–H and O–H groups in total. The molecule has 1 aliphatic heterocycles. The first-order valence-electron chi connectivity index (χ1n) is 8.49. The summed E-state index contributed by atoms with van der Waals surface area (Å²) in [6.07, 6.45) is 7.76. The predicted octanol–water partition coefficient (Wildman–Crippen LogP) is 2.16. The number of nitriles is 1. The van der Waals surface area contributed by atoms with E-state index in [-0.39, 0.29) is 5.56 Å². The first-order valence-corrected chi connectivity index (χ1v) is 8.49. The number of anilines is 2. The summed E-state index contributed by atoms with van der Waals surface area (Å²) in [7, 11) is 1.87. The number of aryl methyl sites for hydroxylation is 1. The quantitative estimate of drug-likeness (QED) is 0.714. The highest BCUT2D eigenvalue weighted by atomic mass is 15.2. The summed E-state index contributed by atoms with van der Waals surface area (Å²) in [6.45, 7) is 5.63. The molecule has 8 nitrogen and oxygen atoms in total. The molecule has 0 atom stereocenters. The van der Waals surface area contributed by atoms with Crippen molar-refractivity contribution in [1.29, 1.82) is 5.26 Å². The van der Waals surface area contributed by atoms with Gasteiger partial charge in [-0.05, 0) is 12.5 Å². The fraction of sp³-hybridized carbons (Fsp3) is 0.211. The van der Waals surface area contributed by atoms with E-state index in [1.807, 2.05) is 17.8 Å². The fourth-order valence-electron chi connectivity index (χ4n) is 3.13. The van der Waals surface area contributed by atoms with E-state index in [1.165, 1.54) is 5.57 Å². The summed E-state index contributed by atoms with van der Waals surface area (Å²) in [5.74, 6) is 1.39. The lowest BCUT2D eigenvalue weighted by Gasteiger charge is -2.16. The van der Waals surface area contributed by atoms with E-state index in [0.29, 0.717) is 28.6 Å². The Morgan fingerprint density at radius 1 is 1.26 bits per heavy atom. The molecule has 3 aromatic heterocycles. The predicted molar refractivity (Wildman–Crippen MR) is 103 cm³/mol. The Kier molecular flexibility index (Phi) is 4.05. The molecule has 0 spiro atoms. The van der Waals surface area contributed by atoms with Gasteiger partial charge in [-0.1, -0.05) is 12.2 Å². The van der Waals surface area contributed by atoms with E-state index in [1.54, 1.807) is 24.7 Å². The molecule has 3 aromatic rings. The van der Waals surface area contributed by atoms with Crippen LogP contribution in [-0.2, 0) is 7.05 Å². The molecule has 0 aliphatic carbocycles. The second kappa shape index (κ2) is 6.53. The van der Waals surface area contributed by atoms with Crippen LogP contribution in [0.15, 0.2) is 43.0 Å². The first-order chi connectivity index (χ1) is 13.1. The van der Waals surface area contributed by atoms with Gasteiger partial charge in [-0.2, -0.15) is 5.26 Å². The van der Waals surface area contributed by atoms with E-state index >= 15 is 0 Å². The molecule has 134 valence electrons. The van der Waals surface area contributed by atoms with Crippen LogP contribution in [0.5, 0.6) is 0 Å². The Bertz CT molecular complexity index is 1080. The van der Waals surface area contributed by atoms with Gasteiger partial charge in [0.2, 0.25) is 0 Å². The molecule has 1 fully saturated rings. The molecule has 4 rings (SSSR count). The van der Waals surface area contributed by atoms with Crippen molar-refractivity contribution in [2.75, 3.05) is 23.7 Å². The van der Waals surface area contributed by atoms with Crippen molar-refractivity contribution >= 4 is 11.5 Å². The third kappa shape index (κ3) is 3.00. The number of rotatable bonds is 3. The van der Waals surface area contributed by atoms with Crippen LogP contribution in [0.4, 0.5) is 11.5 Å². The van der Waals surface area contributed by atoms with Gasteiger partial charge >= 0.3 is 0 Å². The van der Waals surface area contributed by atoms with Crippen LogP contribution in [0, 0.1) is 11.3 Å². The van der Waals surface area contributed by atoms with Gasteiger partial charge in [0.15, 0.2) is 5.82 Å². The lowest BCUT2D eigenvalue weighted by atomic mass is 10.1. The molecule has 0 amide bonds. The fourth-order valence-corrected chi connectivity index (χ4v) is 3.13. The van der Waals surface area contributed by atoms with Gasteiger partial charge in [-0.15, -0.1) is 0 Å². The van der Waals surface area contributed by atoms with Crippen LogP contribution in [0.2, 0.25) is 0 Å². The van der Waals surface area contributed by atoms with Crippen LogP contribution in [0.3, 0.4) is 0 Å². The van der Waals surface area contributed by atoms with Crippen LogP contribution in [0.25, 0.3) is 22.9 Å². The minimum Gasteiger partial charge on any atom is -0.398 e. The first kappa shape index (κ1) is 16.7. The summed E-state index contributed by atoms with van der Waals surface area (Å²) in [5, 5.41) is 9.59. The maximum Gasteiger partial charge on any atom is 0.158 e. The van der Waals surface area contributed by atoms with Crippen molar-refractivity contribution in [2.24, 2.45) is 7.05 Å². The zero-order valence-electron chi connectivity index (χ0n) is 14.9. The van der Waals surface area contributed by atoms with Crippen molar-refractivity contribution in [2.45, 2.75) is 6.42 Å². The number of nitrogens with two attached hydrogens (primary N) is 1. The zero-order valence-corrected chi connectivity index (χ0v) is 14.9. The third-order valence-corrected chi connectivity index (χ3v) is 4.55. The Labute approximate surface area is 156 Å². The number of hydrogen-bond donors (Lipinski definition) is 1. The van der Waals surface area contributed by atoms with E-state index in [2.05, 4.69) is 37.5 Å². The summed E-state index contributed by atoms with van der Waals surface area (Å²) in [4.78, 5) is 20.0. The molecule has 4 heterocycles. The highest BCUT2D eigenvalue weighted by Crippen LogP contribution is 2.30. The number of nitrogens with zero attached hydrogens (tertiary/aromatic N) is 7. The molecule has 0 unspecified atom stereocenters. The molecular weight excluding hydrogens is 340 g/mol. The average Bonchev–Trinajstić information content (AvgIpc) is 3.29. The summed E-state index contributed by atoms with van der Waals surface area (Å²) < 4.78 is 1.84. The third-order valence-electron chi connectivity index (χ3n) is 4.55. The van der Waals surface area contributed by atoms with E-state index in [4.69, 9.17) is 5.73 Å². The van der Waals surface area contributed by atoms with E-state index in [0.717, 1.165) is 25.3 Å². The van der Waals surface area contributed by atoms with Crippen molar-refractivity contribution in [3.63, 3.8) is 0 Å². The zero-order chi connectivity index (χ0) is 19.0. The van der Waals surface area contributed by atoms with Crippen LogP contribution >= 0.6 is 0 Å². The molecule has 27 heavy (non-hydrogen) atoms. The number of nitrogen functional groups attached to an aromatic ring is 1. The lowest BCUT2D eigenvalue weighted by Crippen LogP contribution is -2.19. The summed E-state index contributed by atoms with van der Waals surface area (Å²) in [6, 6.07) is 3.79. The highest BCUT2D eigenvalue weighted by molar-refractivity contribution is 5.76. The molecule has 0 aromatic carbocycles. The van der Waals surface area contributed by atoms with Crippen LogP contribution in [0.1, 0.15) is 12.0 Å². The van der Waals surface area contributed by atoms with Gasteiger partial charge in [0.1, 0.15) is 34.5 Å². The SMILES string of the molecule is C=C1CCN(c2cncc(-c3nc(-c4nccn4C)cc(N)c3C#N)n2)C1. The Balaban J connectivity index is 1.83. The summed E-state index contributed by atoms with van der Waals surface area (Å²) >= 11 is 0. The molecular formula is C19H18N8. The molecule has 0 bridgehead atoms. The van der Waals surface area contributed by atoms with Gasteiger partial charge in [-0.25, -0.2) is 15.0 Å².